The number of fused-ring (bicyclic) bond motifs is 5. The van der Waals surface area contributed by atoms with Gasteiger partial charge in [0, 0.05) is 35.2 Å². The van der Waals surface area contributed by atoms with Crippen LogP contribution in [0.2, 0.25) is 0 Å². The van der Waals surface area contributed by atoms with E-state index in [0.717, 1.165) is 6.08 Å². The lowest BCUT2D eigenvalue weighted by Crippen LogP contribution is -2.70. The Morgan fingerprint density at radius 2 is 1.85 bits per heavy atom. The Bertz CT molecular complexity index is 1210. The summed E-state index contributed by atoms with van der Waals surface area (Å²) in [4.78, 5) is 56.8. The molecule has 0 aromatic heterocycles. The van der Waals surface area contributed by atoms with Gasteiger partial charge in [-0.3, -0.25) is 18.9 Å². The fourth-order valence-electron chi connectivity index (χ4n) is 8.37. The number of ether oxygens (including phenoxy) is 1. The molecule has 3 N–H and O–H groups in total. The van der Waals surface area contributed by atoms with Gasteiger partial charge >= 0.3 is 13.6 Å². The predicted octanol–water partition coefficient (Wildman–Crippen LogP) is 4.76. The smallest absolute Gasteiger partial charge is 0.325 e. The van der Waals surface area contributed by atoms with Gasteiger partial charge in [0.2, 0.25) is 5.12 Å². The number of carbonyl (C=O) groups is 3. The minimum atomic E-state index is -4.17. The lowest BCUT2D eigenvalue weighted by molar-refractivity contribution is -0.228. The highest BCUT2D eigenvalue weighted by Crippen LogP contribution is 2.72. The molecule has 0 aromatic rings. The molecule has 4 aliphatic carbocycles. The van der Waals surface area contributed by atoms with E-state index in [4.69, 9.17) is 14.5 Å². The number of aliphatic hydroxyl groups is 1. The van der Waals surface area contributed by atoms with Crippen LogP contribution in [0, 0.1) is 28.6 Å². The Labute approximate surface area is 241 Å². The van der Waals surface area contributed by atoms with Crippen LogP contribution < -0.4 is 0 Å². The van der Waals surface area contributed by atoms with E-state index in [1.165, 1.54) is 19.1 Å². The van der Waals surface area contributed by atoms with Gasteiger partial charge in [-0.05, 0) is 74.4 Å². The summed E-state index contributed by atoms with van der Waals surface area (Å²) in [5.41, 5.74) is -7.29. The van der Waals surface area contributed by atoms with E-state index in [1.807, 2.05) is 0 Å². The highest BCUT2D eigenvalue weighted by atomic mass is 32.2. The number of ketones is 1. The van der Waals surface area contributed by atoms with Crippen molar-refractivity contribution < 1.29 is 51.8 Å². The van der Waals surface area contributed by atoms with Crippen LogP contribution in [0.5, 0.6) is 0 Å². The van der Waals surface area contributed by atoms with Crippen molar-refractivity contribution >= 4 is 36.2 Å². The first-order valence-corrected chi connectivity index (χ1v) is 16.7. The molecular weight excluding hydrogens is 584 g/mol. The molecule has 41 heavy (non-hydrogen) atoms. The van der Waals surface area contributed by atoms with Crippen LogP contribution in [0.1, 0.15) is 65.7 Å². The normalized spacial score (nSPS) is 41.7. The molecule has 4 rings (SSSR count). The number of esters is 1. The SMILES string of the molecule is C[C@@H]1C[C@H]2[C@@H]3C[C@H](F)C4=CC(=O)C=C[C@]4(C)[C@@]3(F)[C@@H](O)C[C@]2(C)[C@@]1(OC(=O)CCCCCP(=O)(O)O)C(=O)SCF. The Morgan fingerprint density at radius 1 is 1.17 bits per heavy atom. The zero-order valence-electron chi connectivity index (χ0n) is 23.4. The zero-order valence-corrected chi connectivity index (χ0v) is 25.1. The summed E-state index contributed by atoms with van der Waals surface area (Å²) in [5, 5.41) is 10.8. The molecule has 4 aliphatic rings. The van der Waals surface area contributed by atoms with Gasteiger partial charge in [-0.2, -0.15) is 0 Å². The minimum Gasteiger partial charge on any atom is -0.449 e. The number of unbranched alkanes of at least 4 members (excludes halogenated alkanes) is 2. The fraction of sp³-hybridized carbons (Fsp3) is 0.750. The van der Waals surface area contributed by atoms with Gasteiger partial charge in [0.05, 0.1) is 6.10 Å². The molecule has 9 atom stereocenters. The molecule has 0 bridgehead atoms. The minimum absolute atomic E-state index is 0.0297. The summed E-state index contributed by atoms with van der Waals surface area (Å²) in [6.45, 7) is 4.74. The topological polar surface area (TPSA) is 138 Å². The number of carbonyl (C=O) groups excluding carboxylic acids is 3. The molecule has 0 aliphatic heterocycles. The largest absolute Gasteiger partial charge is 0.449 e. The van der Waals surface area contributed by atoms with Crippen LogP contribution >= 0.6 is 19.4 Å². The highest BCUT2D eigenvalue weighted by Gasteiger charge is 2.78. The van der Waals surface area contributed by atoms with Crippen molar-refractivity contribution in [1.29, 1.82) is 0 Å². The molecule has 3 fully saturated rings. The van der Waals surface area contributed by atoms with E-state index in [9.17, 15) is 28.4 Å². The van der Waals surface area contributed by atoms with Crippen molar-refractivity contribution in [1.82, 2.24) is 0 Å². The quantitative estimate of drug-likeness (QED) is 0.189. The number of thioether (sulfide) groups is 1. The Kier molecular flexibility index (Phi) is 8.89. The van der Waals surface area contributed by atoms with Crippen molar-refractivity contribution in [2.75, 3.05) is 12.2 Å². The molecule has 0 amide bonds. The van der Waals surface area contributed by atoms with E-state index in [-0.39, 0.29) is 50.3 Å². The maximum absolute atomic E-state index is 17.4. The van der Waals surface area contributed by atoms with Crippen molar-refractivity contribution in [2.24, 2.45) is 28.6 Å². The monoisotopic (exact) mass is 622 g/mol. The summed E-state index contributed by atoms with van der Waals surface area (Å²) >= 11 is 0.333. The second kappa shape index (κ2) is 11.2. The van der Waals surface area contributed by atoms with Crippen LogP contribution in [0.25, 0.3) is 0 Å². The Balaban J connectivity index is 1.67. The third kappa shape index (κ3) is 5.09. The van der Waals surface area contributed by atoms with E-state index < -0.39 is 82.6 Å². The van der Waals surface area contributed by atoms with Crippen LogP contribution in [-0.2, 0) is 23.7 Å². The Hall–Kier alpha value is -1.46. The lowest BCUT2D eigenvalue weighted by Gasteiger charge is -2.63. The summed E-state index contributed by atoms with van der Waals surface area (Å²) < 4.78 is 63.6. The second-order valence-corrected chi connectivity index (χ2v) is 15.1. The molecule has 230 valence electrons. The Morgan fingerprint density at radius 3 is 2.49 bits per heavy atom. The molecule has 0 unspecified atom stereocenters. The average Bonchev–Trinajstić information content (AvgIpc) is 3.08. The summed E-state index contributed by atoms with van der Waals surface area (Å²) in [6, 6.07) is -1.09. The lowest BCUT2D eigenvalue weighted by atomic mass is 9.44. The fourth-order valence-corrected chi connectivity index (χ4v) is 9.79. The first-order valence-electron chi connectivity index (χ1n) is 13.9. The maximum Gasteiger partial charge on any atom is 0.325 e. The molecule has 0 saturated heterocycles. The van der Waals surface area contributed by atoms with Gasteiger partial charge < -0.3 is 19.6 Å². The molecule has 0 heterocycles. The van der Waals surface area contributed by atoms with Gasteiger partial charge in [-0.1, -0.05) is 26.3 Å². The molecule has 0 aromatic carbocycles. The number of hydrogen-bond donors (Lipinski definition) is 3. The standard InChI is InChI=1S/C28H38F3O8PS/c1-16-11-18-19-13-21(30)20-12-17(32)8-9-25(20,2)27(19,31)22(33)14-26(18,3)28(16,24(35)41-15-29)39-23(34)7-5-4-6-10-40(36,37)38/h8-9,12,16,18-19,21-22,33H,4-7,10-11,13-15H2,1-3H3,(H2,36,37,38)/t16-,18+,19+,21+,22+,25+,26+,27+,28+/m1/s1. The first kappa shape index (κ1) is 32.5. The van der Waals surface area contributed by atoms with Crippen LogP contribution in [-0.4, -0.2) is 67.5 Å². The molecule has 3 saturated carbocycles. The van der Waals surface area contributed by atoms with Crippen molar-refractivity contribution in [3.8, 4) is 0 Å². The number of alkyl halides is 3. The maximum atomic E-state index is 17.4. The summed E-state index contributed by atoms with van der Waals surface area (Å²) in [7, 11) is -4.17. The average molecular weight is 623 g/mol. The molecular formula is C28H38F3O8PS. The summed E-state index contributed by atoms with van der Waals surface area (Å²) in [6.07, 6.45) is -0.0509. The first-order chi connectivity index (χ1) is 19.0. The molecule has 0 spiro atoms. The van der Waals surface area contributed by atoms with Crippen molar-refractivity contribution in [3.63, 3.8) is 0 Å². The predicted molar refractivity (Wildman–Crippen MR) is 146 cm³/mol. The molecule has 13 heteroatoms. The molecule has 8 nitrogen and oxygen atoms in total. The third-order valence-electron chi connectivity index (χ3n) is 10.3. The van der Waals surface area contributed by atoms with Gasteiger partial charge in [-0.15, -0.1) is 0 Å². The van der Waals surface area contributed by atoms with Gasteiger partial charge in [0.15, 0.2) is 17.1 Å². The van der Waals surface area contributed by atoms with E-state index in [1.54, 1.807) is 13.8 Å². The van der Waals surface area contributed by atoms with Gasteiger partial charge in [-0.25, -0.2) is 13.2 Å². The van der Waals surface area contributed by atoms with Crippen molar-refractivity contribution in [3.05, 3.63) is 23.8 Å². The van der Waals surface area contributed by atoms with E-state index in [0.29, 0.717) is 18.2 Å². The van der Waals surface area contributed by atoms with Gasteiger partial charge in [0.1, 0.15) is 12.2 Å². The van der Waals surface area contributed by atoms with Crippen molar-refractivity contribution in [2.45, 2.75) is 89.3 Å². The highest BCUT2D eigenvalue weighted by molar-refractivity contribution is 8.13. The van der Waals surface area contributed by atoms with Crippen LogP contribution in [0.15, 0.2) is 23.8 Å². The molecule has 0 radical (unpaired) electrons. The summed E-state index contributed by atoms with van der Waals surface area (Å²) in [5.74, 6) is -3.75. The second-order valence-electron chi connectivity index (χ2n) is 12.4. The number of hydrogen-bond acceptors (Lipinski definition) is 7. The number of aliphatic hydroxyl groups excluding tert-OH is 1. The van der Waals surface area contributed by atoms with E-state index >= 15 is 8.78 Å². The van der Waals surface area contributed by atoms with E-state index in [2.05, 4.69) is 0 Å². The zero-order chi connectivity index (χ0) is 30.6. The third-order valence-corrected chi connectivity index (χ3v) is 11.8. The van der Waals surface area contributed by atoms with Crippen LogP contribution in [0.3, 0.4) is 0 Å². The van der Waals surface area contributed by atoms with Crippen LogP contribution in [0.4, 0.5) is 13.2 Å². The van der Waals surface area contributed by atoms with Gasteiger partial charge in [0.25, 0.3) is 0 Å². The number of allylic oxidation sites excluding steroid dienone is 4. The number of rotatable bonds is 9. The number of halogens is 3.